The molecule has 0 aliphatic carbocycles. The van der Waals surface area contributed by atoms with Gasteiger partial charge >= 0.3 is 0 Å². The summed E-state index contributed by atoms with van der Waals surface area (Å²) >= 11 is 6.37. The van der Waals surface area contributed by atoms with Gasteiger partial charge in [-0.1, -0.05) is 54.1 Å². The van der Waals surface area contributed by atoms with E-state index in [9.17, 15) is 4.79 Å². The quantitative estimate of drug-likeness (QED) is 0.207. The van der Waals surface area contributed by atoms with Gasteiger partial charge in [-0.3, -0.25) is 4.79 Å². The molecule has 3 aromatic rings. The lowest BCUT2D eigenvalue weighted by molar-refractivity contribution is 0.104. The van der Waals surface area contributed by atoms with E-state index in [1.807, 2.05) is 42.5 Å². The molecule has 0 atom stereocenters. The van der Waals surface area contributed by atoms with Gasteiger partial charge in [0.1, 0.15) is 5.75 Å². The SMILES string of the molecule is COc1cc(N/C=C\C(=O)c2ccccc2)c(C=Cc2cc(OC)c(OC)c(OC)c2)cc1Cl. The van der Waals surface area contributed by atoms with Crippen LogP contribution in [-0.4, -0.2) is 34.2 Å². The summed E-state index contributed by atoms with van der Waals surface area (Å²) in [4.78, 5) is 12.4. The molecule has 0 aliphatic heterocycles. The van der Waals surface area contributed by atoms with Crippen molar-refractivity contribution in [3.05, 3.63) is 88.6 Å². The topological polar surface area (TPSA) is 66.0 Å². The molecular weight excluding hydrogens is 454 g/mol. The first-order valence-electron chi connectivity index (χ1n) is 10.4. The minimum Gasteiger partial charge on any atom is -0.495 e. The lowest BCUT2D eigenvalue weighted by Gasteiger charge is -2.13. The molecule has 7 heteroatoms. The molecule has 0 aliphatic rings. The number of methoxy groups -OCH3 is 4. The van der Waals surface area contributed by atoms with Crippen LogP contribution in [0.2, 0.25) is 5.02 Å². The van der Waals surface area contributed by atoms with Crippen molar-refractivity contribution >= 4 is 35.2 Å². The van der Waals surface area contributed by atoms with Crippen LogP contribution in [0.15, 0.2) is 66.9 Å². The normalized spacial score (nSPS) is 11.0. The molecule has 0 unspecified atom stereocenters. The average Bonchev–Trinajstić information content (AvgIpc) is 2.87. The van der Waals surface area contributed by atoms with E-state index in [0.717, 1.165) is 11.1 Å². The summed E-state index contributed by atoms with van der Waals surface area (Å²) in [5.41, 5.74) is 2.94. The number of hydrogen-bond acceptors (Lipinski definition) is 6. The van der Waals surface area contributed by atoms with Gasteiger partial charge in [0.25, 0.3) is 0 Å². The molecule has 0 amide bonds. The fraction of sp³-hybridized carbons (Fsp3) is 0.148. The minimum absolute atomic E-state index is 0.108. The van der Waals surface area contributed by atoms with Gasteiger partial charge in [-0.25, -0.2) is 0 Å². The molecule has 0 saturated heterocycles. The van der Waals surface area contributed by atoms with Crippen LogP contribution in [0.5, 0.6) is 23.0 Å². The number of carbonyl (C=O) groups is 1. The fourth-order valence-electron chi connectivity index (χ4n) is 3.28. The third-order valence-corrected chi connectivity index (χ3v) is 5.29. The summed E-state index contributed by atoms with van der Waals surface area (Å²) < 4.78 is 21.6. The van der Waals surface area contributed by atoms with Crippen molar-refractivity contribution in [1.82, 2.24) is 0 Å². The Kier molecular flexibility index (Phi) is 8.60. The maximum Gasteiger partial charge on any atom is 0.203 e. The first-order chi connectivity index (χ1) is 16.5. The highest BCUT2D eigenvalue weighted by molar-refractivity contribution is 6.32. The van der Waals surface area contributed by atoms with Gasteiger partial charge in [-0.2, -0.15) is 0 Å². The minimum atomic E-state index is -0.108. The predicted octanol–water partition coefficient (Wildman–Crippen LogP) is 6.35. The number of ketones is 1. The number of hydrogen-bond donors (Lipinski definition) is 1. The summed E-state index contributed by atoms with van der Waals surface area (Å²) in [6.45, 7) is 0. The highest BCUT2D eigenvalue weighted by Gasteiger charge is 2.12. The van der Waals surface area contributed by atoms with Crippen molar-refractivity contribution in [3.63, 3.8) is 0 Å². The second kappa shape index (κ2) is 11.8. The van der Waals surface area contributed by atoms with Crippen molar-refractivity contribution in [2.45, 2.75) is 0 Å². The number of rotatable bonds is 10. The van der Waals surface area contributed by atoms with Crippen molar-refractivity contribution in [2.75, 3.05) is 33.8 Å². The van der Waals surface area contributed by atoms with E-state index in [2.05, 4.69) is 5.32 Å². The van der Waals surface area contributed by atoms with Crippen molar-refractivity contribution in [3.8, 4) is 23.0 Å². The standard InChI is InChI=1S/C27H26ClNO5/c1-31-24-17-22(29-13-12-23(30)19-8-6-5-7-9-19)20(16-21(24)28)11-10-18-14-25(32-2)27(34-4)26(15-18)33-3/h5-17,29H,1-4H3/b11-10?,13-12-. The van der Waals surface area contributed by atoms with Gasteiger partial charge in [0, 0.05) is 29.6 Å². The molecule has 0 aromatic heterocycles. The zero-order valence-corrected chi connectivity index (χ0v) is 20.2. The highest BCUT2D eigenvalue weighted by atomic mass is 35.5. The van der Waals surface area contributed by atoms with Crippen molar-refractivity contribution < 1.29 is 23.7 Å². The zero-order valence-electron chi connectivity index (χ0n) is 19.4. The second-order valence-corrected chi connectivity index (χ2v) is 7.48. The Balaban J connectivity index is 1.91. The number of ether oxygens (including phenoxy) is 4. The average molecular weight is 480 g/mol. The summed E-state index contributed by atoms with van der Waals surface area (Å²) in [5.74, 6) is 2.02. The molecule has 3 rings (SSSR count). The van der Waals surface area contributed by atoms with Crippen LogP contribution in [0.4, 0.5) is 5.69 Å². The molecule has 0 spiro atoms. The lowest BCUT2D eigenvalue weighted by Crippen LogP contribution is -1.98. The van der Waals surface area contributed by atoms with E-state index in [1.165, 1.54) is 6.08 Å². The third-order valence-electron chi connectivity index (χ3n) is 5.00. The molecule has 1 N–H and O–H groups in total. The molecule has 0 fully saturated rings. The zero-order chi connectivity index (χ0) is 24.5. The maximum atomic E-state index is 12.4. The van der Waals surface area contributed by atoms with Gasteiger partial charge < -0.3 is 24.3 Å². The molecule has 0 bridgehead atoms. The summed E-state index contributed by atoms with van der Waals surface area (Å²) in [7, 11) is 6.24. The largest absolute Gasteiger partial charge is 0.495 e. The van der Waals surface area contributed by atoms with Crippen LogP contribution in [0.3, 0.4) is 0 Å². The first-order valence-corrected chi connectivity index (χ1v) is 10.8. The van der Waals surface area contributed by atoms with E-state index in [1.54, 1.807) is 58.9 Å². The van der Waals surface area contributed by atoms with Crippen LogP contribution >= 0.6 is 11.6 Å². The molecule has 34 heavy (non-hydrogen) atoms. The first kappa shape index (κ1) is 24.7. The summed E-state index contributed by atoms with van der Waals surface area (Å²) in [6.07, 6.45) is 6.85. The van der Waals surface area contributed by atoms with Crippen molar-refractivity contribution in [2.24, 2.45) is 0 Å². The Morgan fingerprint density at radius 2 is 1.47 bits per heavy atom. The van der Waals surface area contributed by atoms with E-state index in [4.69, 9.17) is 30.5 Å². The van der Waals surface area contributed by atoms with Gasteiger partial charge in [0.2, 0.25) is 5.75 Å². The Bertz CT molecular complexity index is 1180. The number of carbonyl (C=O) groups excluding carboxylic acids is 1. The smallest absolute Gasteiger partial charge is 0.203 e. The Morgan fingerprint density at radius 3 is 2.06 bits per heavy atom. The molecule has 6 nitrogen and oxygen atoms in total. The van der Waals surface area contributed by atoms with Crippen LogP contribution in [-0.2, 0) is 0 Å². The van der Waals surface area contributed by atoms with E-state index < -0.39 is 0 Å². The van der Waals surface area contributed by atoms with E-state index >= 15 is 0 Å². The number of nitrogens with one attached hydrogen (secondary N) is 1. The molecule has 0 heterocycles. The van der Waals surface area contributed by atoms with Crippen LogP contribution in [0.25, 0.3) is 12.2 Å². The molecule has 3 aromatic carbocycles. The van der Waals surface area contributed by atoms with Crippen LogP contribution in [0, 0.1) is 0 Å². The molecule has 176 valence electrons. The van der Waals surface area contributed by atoms with Crippen molar-refractivity contribution in [1.29, 1.82) is 0 Å². The molecule has 0 saturated carbocycles. The van der Waals surface area contributed by atoms with Gasteiger partial charge in [0.05, 0.1) is 33.5 Å². The van der Waals surface area contributed by atoms with Gasteiger partial charge in [-0.15, -0.1) is 0 Å². The lowest BCUT2D eigenvalue weighted by atomic mass is 10.1. The summed E-state index contributed by atoms with van der Waals surface area (Å²) in [5, 5.41) is 3.61. The molecular formula is C27H26ClNO5. The Labute approximate surface area is 204 Å². The number of benzene rings is 3. The van der Waals surface area contributed by atoms with Crippen LogP contribution in [0.1, 0.15) is 21.5 Å². The second-order valence-electron chi connectivity index (χ2n) is 7.07. The Morgan fingerprint density at radius 1 is 0.824 bits per heavy atom. The number of halogens is 1. The van der Waals surface area contributed by atoms with Crippen LogP contribution < -0.4 is 24.3 Å². The van der Waals surface area contributed by atoms with Gasteiger partial charge in [-0.05, 0) is 29.3 Å². The monoisotopic (exact) mass is 479 g/mol. The highest BCUT2D eigenvalue weighted by Crippen LogP contribution is 2.39. The fourth-order valence-corrected chi connectivity index (χ4v) is 3.53. The van der Waals surface area contributed by atoms with E-state index in [0.29, 0.717) is 39.3 Å². The van der Waals surface area contributed by atoms with Gasteiger partial charge in [0.15, 0.2) is 17.3 Å². The van der Waals surface area contributed by atoms with E-state index in [-0.39, 0.29) is 5.78 Å². The third kappa shape index (κ3) is 5.91. The number of anilines is 1. The molecule has 0 radical (unpaired) electrons. The summed E-state index contributed by atoms with van der Waals surface area (Å²) in [6, 6.07) is 16.3. The Hall–Kier alpha value is -3.90. The number of allylic oxidation sites excluding steroid dienone is 1. The predicted molar refractivity (Wildman–Crippen MR) is 137 cm³/mol. The maximum absolute atomic E-state index is 12.4.